The van der Waals surface area contributed by atoms with E-state index < -0.39 is 9.84 Å². The molecule has 1 amide bonds. The highest BCUT2D eigenvalue weighted by Crippen LogP contribution is 2.34. The molecule has 1 aromatic rings. The number of carbonyl (C=O) groups is 1. The molecule has 0 unspecified atom stereocenters. The molecule has 2 heterocycles. The normalized spacial score (nSPS) is 24.6. The lowest BCUT2D eigenvalue weighted by Crippen LogP contribution is -2.23. The van der Waals surface area contributed by atoms with Crippen LogP contribution < -0.4 is 10.6 Å². The zero-order chi connectivity index (χ0) is 16.4. The number of benzene rings is 1. The first kappa shape index (κ1) is 16.1. The molecule has 1 aromatic carbocycles. The summed E-state index contributed by atoms with van der Waals surface area (Å²) in [5, 5.41) is 6.64. The van der Waals surface area contributed by atoms with E-state index in [1.54, 1.807) is 30.3 Å². The number of aliphatic imine (C=N–C) groups is 1. The van der Waals surface area contributed by atoms with Gasteiger partial charge in [-0.3, -0.25) is 9.79 Å². The third-order valence-corrected chi connectivity index (χ3v) is 6.77. The third kappa shape index (κ3) is 3.76. The van der Waals surface area contributed by atoms with Crippen LogP contribution in [0.1, 0.15) is 10.4 Å². The first-order valence-electron chi connectivity index (χ1n) is 7.18. The van der Waals surface area contributed by atoms with Crippen molar-refractivity contribution in [3.05, 3.63) is 42.5 Å². The molecule has 2 aliphatic rings. The quantitative estimate of drug-likeness (QED) is 0.798. The zero-order valence-corrected chi connectivity index (χ0v) is 14.0. The molecule has 2 aliphatic heterocycles. The molecule has 0 aliphatic carbocycles. The van der Waals surface area contributed by atoms with Crippen LogP contribution in [0.5, 0.6) is 0 Å². The summed E-state index contributed by atoms with van der Waals surface area (Å²) in [6.45, 7) is 3.98. The van der Waals surface area contributed by atoms with E-state index in [9.17, 15) is 13.2 Å². The molecule has 23 heavy (non-hydrogen) atoms. The van der Waals surface area contributed by atoms with Crippen LogP contribution >= 0.6 is 11.8 Å². The second kappa shape index (κ2) is 6.37. The molecule has 122 valence electrons. The van der Waals surface area contributed by atoms with Gasteiger partial charge >= 0.3 is 0 Å². The van der Waals surface area contributed by atoms with Gasteiger partial charge in [-0.15, -0.1) is 6.58 Å². The first-order valence-corrected chi connectivity index (χ1v) is 9.88. The van der Waals surface area contributed by atoms with Gasteiger partial charge in [0.25, 0.3) is 5.91 Å². The molecular weight excluding hydrogens is 334 g/mol. The summed E-state index contributed by atoms with van der Waals surface area (Å²) in [6, 6.07) is 6.92. The van der Waals surface area contributed by atoms with E-state index in [1.165, 1.54) is 11.8 Å². The van der Waals surface area contributed by atoms with Gasteiger partial charge in [-0.25, -0.2) is 8.42 Å². The molecule has 2 atom stereocenters. The molecule has 0 bridgehead atoms. The molecule has 0 saturated carbocycles. The van der Waals surface area contributed by atoms with Gasteiger partial charge in [0, 0.05) is 23.0 Å². The summed E-state index contributed by atoms with van der Waals surface area (Å²) in [6.07, 6.45) is 1.63. The standard InChI is InChI=1S/C15H17N3O3S2/c1-2-7-16-14(19)10-3-5-11(6-4-10)17-15-18-12-8-23(20,21)9-13(12)22-15/h2-6,12-13H,1,7-9H2,(H,16,19)(H,17,18)/t12-,13-/m0/s1. The van der Waals surface area contributed by atoms with Crippen molar-refractivity contribution >= 4 is 38.4 Å². The van der Waals surface area contributed by atoms with Gasteiger partial charge in [0.05, 0.1) is 17.5 Å². The minimum atomic E-state index is -2.93. The molecule has 8 heteroatoms. The molecule has 1 fully saturated rings. The Morgan fingerprint density at radius 1 is 1.35 bits per heavy atom. The first-order chi connectivity index (χ1) is 11.0. The second-order valence-electron chi connectivity index (χ2n) is 5.44. The largest absolute Gasteiger partial charge is 0.349 e. The van der Waals surface area contributed by atoms with Gasteiger partial charge in [0.2, 0.25) is 0 Å². The molecular formula is C15H17N3O3S2. The van der Waals surface area contributed by atoms with Crippen LogP contribution in [-0.2, 0) is 9.84 Å². The molecule has 0 aromatic heterocycles. The van der Waals surface area contributed by atoms with Crippen molar-refractivity contribution < 1.29 is 13.2 Å². The predicted molar refractivity (Wildman–Crippen MR) is 93.9 cm³/mol. The van der Waals surface area contributed by atoms with E-state index in [2.05, 4.69) is 22.2 Å². The van der Waals surface area contributed by atoms with Gasteiger partial charge in [-0.05, 0) is 24.3 Å². The highest BCUT2D eigenvalue weighted by Gasteiger charge is 2.42. The van der Waals surface area contributed by atoms with Crippen LogP contribution in [-0.4, -0.2) is 48.8 Å². The van der Waals surface area contributed by atoms with E-state index >= 15 is 0 Å². The van der Waals surface area contributed by atoms with E-state index in [4.69, 9.17) is 0 Å². The second-order valence-corrected chi connectivity index (χ2v) is 8.82. The van der Waals surface area contributed by atoms with Crippen LogP contribution in [0.15, 0.2) is 41.9 Å². The van der Waals surface area contributed by atoms with Gasteiger partial charge in [0.15, 0.2) is 15.0 Å². The number of sulfone groups is 1. The molecule has 2 N–H and O–H groups in total. The fourth-order valence-electron chi connectivity index (χ4n) is 2.51. The number of hydrogen-bond donors (Lipinski definition) is 2. The minimum absolute atomic E-state index is 0.0199. The fraction of sp³-hybridized carbons (Fsp3) is 0.333. The van der Waals surface area contributed by atoms with Gasteiger partial charge in [-0.2, -0.15) is 0 Å². The Labute approximate surface area is 139 Å². The van der Waals surface area contributed by atoms with Crippen LogP contribution in [0.3, 0.4) is 0 Å². The maximum absolute atomic E-state index is 11.8. The third-order valence-electron chi connectivity index (χ3n) is 3.62. The van der Waals surface area contributed by atoms with Crippen LogP contribution in [0.25, 0.3) is 0 Å². The maximum atomic E-state index is 11.8. The number of nitrogens with zero attached hydrogens (tertiary/aromatic N) is 1. The van der Waals surface area contributed by atoms with Crippen molar-refractivity contribution in [3.63, 3.8) is 0 Å². The Morgan fingerprint density at radius 2 is 2.09 bits per heavy atom. The number of carbonyl (C=O) groups excluding carboxylic acids is 1. The summed E-state index contributed by atoms with van der Waals surface area (Å²) >= 11 is 1.47. The monoisotopic (exact) mass is 351 g/mol. The van der Waals surface area contributed by atoms with Crippen LogP contribution in [0.4, 0.5) is 5.69 Å². The number of amidine groups is 1. The number of thioether (sulfide) groups is 1. The summed E-state index contributed by atoms with van der Waals surface area (Å²) in [5.74, 6) is 0.182. The molecule has 3 rings (SSSR count). The van der Waals surface area contributed by atoms with Crippen LogP contribution in [0.2, 0.25) is 0 Å². The zero-order valence-electron chi connectivity index (χ0n) is 12.4. The predicted octanol–water partition coefficient (Wildman–Crippen LogP) is 1.28. The lowest BCUT2D eigenvalue weighted by atomic mass is 10.2. The lowest BCUT2D eigenvalue weighted by molar-refractivity contribution is 0.0958. The van der Waals surface area contributed by atoms with E-state index in [0.717, 1.165) is 10.9 Å². The Hall–Kier alpha value is -1.80. The molecule has 1 saturated heterocycles. The van der Waals surface area contributed by atoms with Crippen molar-refractivity contribution in [2.75, 3.05) is 23.4 Å². The smallest absolute Gasteiger partial charge is 0.251 e. The minimum Gasteiger partial charge on any atom is -0.349 e. The maximum Gasteiger partial charge on any atom is 0.251 e. The SMILES string of the molecule is C=CCNC(=O)c1ccc(NC2=N[C@H]3CS(=O)(=O)C[C@@H]3S2)cc1. The van der Waals surface area contributed by atoms with Gasteiger partial charge in [0.1, 0.15) is 0 Å². The summed E-state index contributed by atoms with van der Waals surface area (Å²) in [4.78, 5) is 16.2. The Bertz CT molecular complexity index is 757. The van der Waals surface area contributed by atoms with Crippen molar-refractivity contribution in [2.45, 2.75) is 11.3 Å². The Kier molecular flexibility index (Phi) is 4.45. The van der Waals surface area contributed by atoms with Gasteiger partial charge < -0.3 is 10.6 Å². The average Bonchev–Trinajstić information content (AvgIpc) is 2.98. The molecule has 6 nitrogen and oxygen atoms in total. The highest BCUT2D eigenvalue weighted by atomic mass is 32.2. The number of fused-ring (bicyclic) bond motifs is 1. The number of anilines is 1. The van der Waals surface area contributed by atoms with Crippen LogP contribution in [0, 0.1) is 0 Å². The summed E-state index contributed by atoms with van der Waals surface area (Å²) in [7, 11) is -2.93. The number of hydrogen-bond acceptors (Lipinski definition) is 6. The van der Waals surface area contributed by atoms with Crippen molar-refractivity contribution in [1.29, 1.82) is 0 Å². The average molecular weight is 351 g/mol. The van der Waals surface area contributed by atoms with E-state index in [0.29, 0.717) is 12.1 Å². The number of amides is 1. The molecule has 0 spiro atoms. The van der Waals surface area contributed by atoms with Crippen molar-refractivity contribution in [1.82, 2.24) is 5.32 Å². The summed E-state index contributed by atoms with van der Waals surface area (Å²) in [5.41, 5.74) is 1.39. The summed E-state index contributed by atoms with van der Waals surface area (Å²) < 4.78 is 23.1. The Balaban J connectivity index is 1.61. The highest BCUT2D eigenvalue weighted by molar-refractivity contribution is 8.15. The van der Waals surface area contributed by atoms with Crippen molar-refractivity contribution in [3.8, 4) is 0 Å². The molecule has 0 radical (unpaired) electrons. The van der Waals surface area contributed by atoms with E-state index in [1.807, 2.05) is 0 Å². The number of nitrogens with one attached hydrogen (secondary N) is 2. The van der Waals surface area contributed by atoms with Crippen molar-refractivity contribution in [2.24, 2.45) is 4.99 Å². The lowest BCUT2D eigenvalue weighted by Gasteiger charge is -2.08. The van der Waals surface area contributed by atoms with Gasteiger partial charge in [-0.1, -0.05) is 17.8 Å². The number of rotatable bonds is 4. The fourth-order valence-corrected chi connectivity index (χ4v) is 6.19. The van der Waals surface area contributed by atoms with E-state index in [-0.39, 0.29) is 28.7 Å². The topological polar surface area (TPSA) is 87.6 Å². The Morgan fingerprint density at radius 3 is 2.74 bits per heavy atom.